The molecule has 1 aromatic carbocycles. The molecule has 1 N–H and O–H groups in total. The number of H-pyrrole nitrogens is 1. The summed E-state index contributed by atoms with van der Waals surface area (Å²) in [7, 11) is 9.80. The molecule has 3 aromatic rings. The highest BCUT2D eigenvalue weighted by Gasteiger charge is 2.15. The van der Waals surface area contributed by atoms with Crippen LogP contribution in [-0.2, 0) is 0 Å². The summed E-state index contributed by atoms with van der Waals surface area (Å²) >= 11 is 0. The van der Waals surface area contributed by atoms with E-state index in [9.17, 15) is 0 Å². The minimum atomic E-state index is 0. The van der Waals surface area contributed by atoms with Crippen molar-refractivity contribution in [2.24, 2.45) is 0 Å². The molecular formula is C19H27ClN4O2. The Bertz CT molecular complexity index is 877. The molecule has 0 atom stereocenters. The van der Waals surface area contributed by atoms with E-state index >= 15 is 0 Å². The zero-order valence-corrected chi connectivity index (χ0v) is 16.8. The average molecular weight is 379 g/mol. The largest absolute Gasteiger partial charge is 0.493 e. The molecule has 6 nitrogen and oxygen atoms in total. The van der Waals surface area contributed by atoms with Crippen molar-refractivity contribution >= 4 is 40.0 Å². The smallest absolute Gasteiger partial charge is 0.163 e. The van der Waals surface area contributed by atoms with Crippen LogP contribution < -0.4 is 14.4 Å². The number of aromatic amines is 1. The predicted octanol–water partition coefficient (Wildman–Crippen LogP) is 3.54. The number of aromatic nitrogens is 2. The van der Waals surface area contributed by atoms with Gasteiger partial charge in [-0.2, -0.15) is 0 Å². The number of methoxy groups -OCH3 is 1. The Morgan fingerprint density at radius 2 is 1.85 bits per heavy atom. The van der Waals surface area contributed by atoms with Gasteiger partial charge in [-0.25, -0.2) is 4.98 Å². The summed E-state index contributed by atoms with van der Waals surface area (Å²) in [6, 6.07) is 6.04. The first-order valence-corrected chi connectivity index (χ1v) is 8.44. The van der Waals surface area contributed by atoms with Gasteiger partial charge in [0, 0.05) is 38.3 Å². The summed E-state index contributed by atoms with van der Waals surface area (Å²) in [6.07, 6.45) is 2.79. The molecule has 0 spiro atoms. The molecule has 0 fully saturated rings. The zero-order valence-electron chi connectivity index (χ0n) is 16.0. The van der Waals surface area contributed by atoms with Crippen LogP contribution in [0.15, 0.2) is 24.4 Å². The molecule has 0 aliphatic heterocycles. The van der Waals surface area contributed by atoms with Gasteiger partial charge < -0.3 is 24.3 Å². The van der Waals surface area contributed by atoms with Crippen molar-refractivity contribution in [3.63, 3.8) is 0 Å². The van der Waals surface area contributed by atoms with Gasteiger partial charge in [-0.1, -0.05) is 0 Å². The van der Waals surface area contributed by atoms with E-state index in [1.54, 1.807) is 7.11 Å². The highest BCUT2D eigenvalue weighted by molar-refractivity contribution is 6.13. The summed E-state index contributed by atoms with van der Waals surface area (Å²) < 4.78 is 11.5. The van der Waals surface area contributed by atoms with E-state index in [0.29, 0.717) is 6.61 Å². The normalized spacial score (nSPS) is 11.0. The summed E-state index contributed by atoms with van der Waals surface area (Å²) in [5.41, 5.74) is 2.08. The fourth-order valence-electron chi connectivity index (χ4n) is 3.01. The molecule has 0 saturated carbocycles. The van der Waals surface area contributed by atoms with Crippen molar-refractivity contribution in [2.45, 2.75) is 6.42 Å². The Hall–Kier alpha value is -2.18. The van der Waals surface area contributed by atoms with E-state index in [1.807, 2.05) is 43.4 Å². The molecule has 0 saturated heterocycles. The number of halogens is 1. The van der Waals surface area contributed by atoms with Gasteiger partial charge in [0.05, 0.1) is 30.1 Å². The van der Waals surface area contributed by atoms with Gasteiger partial charge in [0.25, 0.3) is 0 Å². The van der Waals surface area contributed by atoms with Crippen molar-refractivity contribution in [3.8, 4) is 11.5 Å². The first-order chi connectivity index (χ1) is 12.0. The van der Waals surface area contributed by atoms with Crippen LogP contribution in [0.5, 0.6) is 11.5 Å². The van der Waals surface area contributed by atoms with Crippen LogP contribution in [0, 0.1) is 0 Å². The lowest BCUT2D eigenvalue weighted by molar-refractivity contribution is 0.268. The molecule has 0 aliphatic rings. The number of hydrogen-bond donors (Lipinski definition) is 1. The number of rotatable bonds is 7. The lowest BCUT2D eigenvalue weighted by Crippen LogP contribution is -2.15. The third-order valence-corrected chi connectivity index (χ3v) is 4.20. The second kappa shape index (κ2) is 8.47. The van der Waals surface area contributed by atoms with Crippen LogP contribution in [0.1, 0.15) is 6.42 Å². The Labute approximate surface area is 160 Å². The molecule has 2 heterocycles. The molecule has 142 valence electrons. The van der Waals surface area contributed by atoms with Crippen molar-refractivity contribution < 1.29 is 9.47 Å². The fraction of sp³-hybridized carbons (Fsp3) is 0.421. The number of anilines is 1. The quantitative estimate of drug-likeness (QED) is 0.637. The highest BCUT2D eigenvalue weighted by Crippen LogP contribution is 2.38. The number of ether oxygens (including phenoxy) is 2. The Kier molecular flexibility index (Phi) is 6.56. The molecule has 0 unspecified atom stereocenters. The predicted molar refractivity (Wildman–Crippen MR) is 110 cm³/mol. The molecule has 0 bridgehead atoms. The Morgan fingerprint density at radius 1 is 1.08 bits per heavy atom. The monoisotopic (exact) mass is 378 g/mol. The Morgan fingerprint density at radius 3 is 2.50 bits per heavy atom. The van der Waals surface area contributed by atoms with E-state index in [4.69, 9.17) is 9.47 Å². The molecule has 0 amide bonds. The molecule has 26 heavy (non-hydrogen) atoms. The summed E-state index contributed by atoms with van der Waals surface area (Å²) in [4.78, 5) is 12.1. The van der Waals surface area contributed by atoms with Gasteiger partial charge in [-0.15, -0.1) is 12.4 Å². The first-order valence-electron chi connectivity index (χ1n) is 8.44. The van der Waals surface area contributed by atoms with Crippen molar-refractivity contribution in [2.75, 3.05) is 53.4 Å². The number of nitrogens with zero attached hydrogens (tertiary/aromatic N) is 3. The van der Waals surface area contributed by atoms with Gasteiger partial charge in [-0.05, 0) is 32.6 Å². The van der Waals surface area contributed by atoms with Gasteiger partial charge in [-0.3, -0.25) is 0 Å². The third kappa shape index (κ3) is 3.97. The maximum atomic E-state index is 5.96. The summed E-state index contributed by atoms with van der Waals surface area (Å²) in [5.74, 6) is 2.44. The standard InChI is InChI=1S/C19H26N4O2.ClH/c1-22(2)9-6-10-25-17-12-15-13(11-16(17)24-5)18-14(21-15)7-8-20-19(18)23(3)4;/h7-8,11-12,21H,6,9-10H2,1-5H3;1H. The van der Waals surface area contributed by atoms with Crippen LogP contribution >= 0.6 is 12.4 Å². The second-order valence-electron chi connectivity index (χ2n) is 6.63. The number of hydrogen-bond acceptors (Lipinski definition) is 5. The number of pyridine rings is 1. The minimum Gasteiger partial charge on any atom is -0.493 e. The maximum absolute atomic E-state index is 5.96. The molecule has 7 heteroatoms. The fourth-order valence-corrected chi connectivity index (χ4v) is 3.01. The number of fused-ring (bicyclic) bond motifs is 3. The van der Waals surface area contributed by atoms with Crippen LogP contribution in [0.25, 0.3) is 21.8 Å². The van der Waals surface area contributed by atoms with Crippen molar-refractivity contribution in [1.82, 2.24) is 14.9 Å². The minimum absolute atomic E-state index is 0. The van der Waals surface area contributed by atoms with Gasteiger partial charge in [0.15, 0.2) is 11.5 Å². The molecular weight excluding hydrogens is 352 g/mol. The first kappa shape index (κ1) is 20.1. The third-order valence-electron chi connectivity index (χ3n) is 4.20. The van der Waals surface area contributed by atoms with E-state index < -0.39 is 0 Å². The molecule has 2 aromatic heterocycles. The lowest BCUT2D eigenvalue weighted by atomic mass is 10.1. The van der Waals surface area contributed by atoms with Gasteiger partial charge in [0.2, 0.25) is 0 Å². The van der Waals surface area contributed by atoms with Crippen LogP contribution in [0.4, 0.5) is 5.82 Å². The molecule has 0 aliphatic carbocycles. The lowest BCUT2D eigenvalue weighted by Gasteiger charge is -2.14. The number of nitrogens with one attached hydrogen (secondary N) is 1. The Balaban J connectivity index is 0.00000243. The second-order valence-corrected chi connectivity index (χ2v) is 6.63. The van der Waals surface area contributed by atoms with Crippen LogP contribution in [0.3, 0.4) is 0 Å². The topological polar surface area (TPSA) is 53.6 Å². The van der Waals surface area contributed by atoms with Gasteiger partial charge >= 0.3 is 0 Å². The van der Waals surface area contributed by atoms with E-state index in [-0.39, 0.29) is 12.4 Å². The van der Waals surface area contributed by atoms with E-state index in [0.717, 1.165) is 52.1 Å². The molecule has 3 rings (SSSR count). The SMILES string of the molecule is COc1cc2c(cc1OCCCN(C)C)[nH]c1ccnc(N(C)C)c12.Cl. The number of benzene rings is 1. The van der Waals surface area contributed by atoms with Gasteiger partial charge in [0.1, 0.15) is 5.82 Å². The summed E-state index contributed by atoms with van der Waals surface area (Å²) in [5, 5.41) is 2.18. The zero-order chi connectivity index (χ0) is 18.0. The van der Waals surface area contributed by atoms with Crippen LogP contribution in [0.2, 0.25) is 0 Å². The molecule has 0 radical (unpaired) electrons. The summed E-state index contributed by atoms with van der Waals surface area (Å²) in [6.45, 7) is 1.65. The van der Waals surface area contributed by atoms with E-state index in [2.05, 4.69) is 29.0 Å². The highest BCUT2D eigenvalue weighted by atomic mass is 35.5. The van der Waals surface area contributed by atoms with Crippen LogP contribution in [-0.4, -0.2) is 63.3 Å². The van der Waals surface area contributed by atoms with Crippen molar-refractivity contribution in [3.05, 3.63) is 24.4 Å². The average Bonchev–Trinajstić information content (AvgIpc) is 2.94. The maximum Gasteiger partial charge on any atom is 0.163 e. The van der Waals surface area contributed by atoms with E-state index in [1.165, 1.54) is 0 Å². The van der Waals surface area contributed by atoms with Crippen molar-refractivity contribution in [1.29, 1.82) is 0 Å².